The summed E-state index contributed by atoms with van der Waals surface area (Å²) in [5, 5.41) is 9.29. The summed E-state index contributed by atoms with van der Waals surface area (Å²) in [4.78, 5) is 16.6. The lowest BCUT2D eigenvalue weighted by atomic mass is 9.88. The molecule has 0 aromatic carbocycles. The maximum absolute atomic E-state index is 12.2. The molecule has 0 radical (unpaired) electrons. The van der Waals surface area contributed by atoms with Crippen LogP contribution in [0, 0.1) is 12.3 Å². The standard InChI is InChI=1S/C12H19N3OS.2ClH/c1-8-6-17-10(14-8)9(2)15-11(16)12(3)4-5-13-7-12;;/h6,9,13H,4-5,7H2,1-3H3,(H,15,16);2*1H. The first-order valence-electron chi connectivity index (χ1n) is 5.95. The number of aromatic nitrogens is 1. The number of carbonyl (C=O) groups is 1. The van der Waals surface area contributed by atoms with Crippen LogP contribution in [0.4, 0.5) is 0 Å². The fourth-order valence-corrected chi connectivity index (χ4v) is 2.82. The monoisotopic (exact) mass is 325 g/mol. The minimum atomic E-state index is -0.263. The lowest BCUT2D eigenvalue weighted by Gasteiger charge is -2.23. The number of carbonyl (C=O) groups excluding carboxylic acids is 1. The third-order valence-electron chi connectivity index (χ3n) is 3.27. The fourth-order valence-electron chi connectivity index (χ4n) is 2.01. The zero-order chi connectivity index (χ0) is 12.5. The van der Waals surface area contributed by atoms with Crippen LogP contribution in [-0.2, 0) is 4.79 Å². The van der Waals surface area contributed by atoms with Gasteiger partial charge in [-0.2, -0.15) is 0 Å². The number of aryl methyl sites for hydroxylation is 1. The highest BCUT2D eigenvalue weighted by Crippen LogP contribution is 2.26. The minimum absolute atomic E-state index is 0. The third-order valence-corrected chi connectivity index (χ3v) is 4.42. The Bertz CT molecular complexity index is 419. The van der Waals surface area contributed by atoms with E-state index in [0.717, 1.165) is 30.2 Å². The van der Waals surface area contributed by atoms with Crippen LogP contribution >= 0.6 is 36.2 Å². The molecule has 0 aliphatic carbocycles. The molecule has 1 aromatic heterocycles. The number of hydrogen-bond donors (Lipinski definition) is 2. The summed E-state index contributed by atoms with van der Waals surface area (Å²) < 4.78 is 0. The van der Waals surface area contributed by atoms with E-state index < -0.39 is 0 Å². The molecule has 1 aromatic rings. The molecule has 2 heterocycles. The molecule has 1 aliphatic rings. The maximum Gasteiger partial charge on any atom is 0.227 e. The Morgan fingerprint density at radius 3 is 2.74 bits per heavy atom. The van der Waals surface area contributed by atoms with E-state index in [0.29, 0.717) is 0 Å². The third kappa shape index (κ3) is 4.31. The SMILES string of the molecule is Cc1csc(C(C)NC(=O)C2(C)CCNC2)n1.Cl.Cl. The Hall–Kier alpha value is -0.360. The van der Waals surface area contributed by atoms with Crippen molar-refractivity contribution >= 4 is 42.1 Å². The number of nitrogens with zero attached hydrogens (tertiary/aromatic N) is 1. The van der Waals surface area contributed by atoms with E-state index in [1.165, 1.54) is 0 Å². The Kier molecular flexibility index (Phi) is 7.29. The highest BCUT2D eigenvalue weighted by molar-refractivity contribution is 7.09. The van der Waals surface area contributed by atoms with Gasteiger partial charge in [0.05, 0.1) is 11.5 Å². The molecule has 1 fully saturated rings. The number of nitrogens with one attached hydrogen (secondary N) is 2. The summed E-state index contributed by atoms with van der Waals surface area (Å²) in [5.74, 6) is 0.128. The Labute approximate surface area is 130 Å². The maximum atomic E-state index is 12.2. The van der Waals surface area contributed by atoms with Gasteiger partial charge in [-0.3, -0.25) is 4.79 Å². The van der Waals surface area contributed by atoms with Gasteiger partial charge in [0.2, 0.25) is 5.91 Å². The fraction of sp³-hybridized carbons (Fsp3) is 0.667. The summed E-state index contributed by atoms with van der Waals surface area (Å²) >= 11 is 1.60. The summed E-state index contributed by atoms with van der Waals surface area (Å²) in [6.45, 7) is 7.66. The summed E-state index contributed by atoms with van der Waals surface area (Å²) in [6.07, 6.45) is 0.905. The molecular formula is C12H21Cl2N3OS. The predicted molar refractivity (Wildman–Crippen MR) is 83.5 cm³/mol. The largest absolute Gasteiger partial charge is 0.347 e. The van der Waals surface area contributed by atoms with Crippen LogP contribution in [0.3, 0.4) is 0 Å². The van der Waals surface area contributed by atoms with Gasteiger partial charge in [-0.05, 0) is 33.7 Å². The molecule has 1 amide bonds. The topological polar surface area (TPSA) is 54.0 Å². The highest BCUT2D eigenvalue weighted by Gasteiger charge is 2.36. The van der Waals surface area contributed by atoms with Crippen LogP contribution < -0.4 is 10.6 Å². The molecule has 2 N–H and O–H groups in total. The van der Waals surface area contributed by atoms with E-state index in [1.54, 1.807) is 11.3 Å². The molecular weight excluding hydrogens is 305 g/mol. The second kappa shape index (κ2) is 7.43. The van der Waals surface area contributed by atoms with Crippen molar-refractivity contribution in [2.75, 3.05) is 13.1 Å². The Balaban J connectivity index is 0.00000162. The minimum Gasteiger partial charge on any atom is -0.347 e. The summed E-state index contributed by atoms with van der Waals surface area (Å²) in [5.41, 5.74) is 0.750. The zero-order valence-corrected chi connectivity index (χ0v) is 13.8. The predicted octanol–water partition coefficient (Wildman–Crippen LogP) is 2.47. The summed E-state index contributed by atoms with van der Waals surface area (Å²) in [7, 11) is 0. The molecule has 2 unspecified atom stereocenters. The molecule has 19 heavy (non-hydrogen) atoms. The van der Waals surface area contributed by atoms with Crippen molar-refractivity contribution in [3.63, 3.8) is 0 Å². The first-order valence-corrected chi connectivity index (χ1v) is 6.83. The van der Waals surface area contributed by atoms with Gasteiger partial charge in [0.15, 0.2) is 0 Å². The van der Waals surface area contributed by atoms with Crippen LogP contribution in [0.2, 0.25) is 0 Å². The van der Waals surface area contributed by atoms with E-state index in [4.69, 9.17) is 0 Å². The van der Waals surface area contributed by atoms with E-state index in [9.17, 15) is 4.79 Å². The van der Waals surface area contributed by atoms with Crippen molar-refractivity contribution < 1.29 is 4.79 Å². The molecule has 4 nitrogen and oxygen atoms in total. The molecule has 1 aliphatic heterocycles. The normalized spacial score (nSPS) is 23.1. The molecule has 7 heteroatoms. The van der Waals surface area contributed by atoms with Gasteiger partial charge in [-0.25, -0.2) is 4.98 Å². The Morgan fingerprint density at radius 1 is 1.58 bits per heavy atom. The van der Waals surface area contributed by atoms with Crippen LogP contribution in [-0.4, -0.2) is 24.0 Å². The summed E-state index contributed by atoms with van der Waals surface area (Å²) in [6, 6.07) is -0.00127. The zero-order valence-electron chi connectivity index (χ0n) is 11.4. The average Bonchev–Trinajstić information content (AvgIpc) is 2.88. The number of amides is 1. The van der Waals surface area contributed by atoms with Crippen molar-refractivity contribution in [2.24, 2.45) is 5.41 Å². The van der Waals surface area contributed by atoms with Gasteiger partial charge in [0, 0.05) is 17.6 Å². The lowest BCUT2D eigenvalue weighted by molar-refractivity contribution is -0.129. The molecule has 110 valence electrons. The molecule has 0 saturated carbocycles. The second-order valence-corrected chi connectivity index (χ2v) is 5.90. The van der Waals surface area contributed by atoms with Gasteiger partial charge < -0.3 is 10.6 Å². The van der Waals surface area contributed by atoms with Crippen molar-refractivity contribution in [2.45, 2.75) is 33.2 Å². The molecule has 0 spiro atoms. The van der Waals surface area contributed by atoms with Gasteiger partial charge >= 0.3 is 0 Å². The van der Waals surface area contributed by atoms with Crippen LogP contribution in [0.25, 0.3) is 0 Å². The average molecular weight is 326 g/mol. The first-order chi connectivity index (χ1) is 8.01. The van der Waals surface area contributed by atoms with Crippen molar-refractivity contribution in [3.05, 3.63) is 16.1 Å². The van der Waals surface area contributed by atoms with Crippen LogP contribution in [0.1, 0.15) is 37.0 Å². The van der Waals surface area contributed by atoms with E-state index in [-0.39, 0.29) is 42.2 Å². The molecule has 0 bridgehead atoms. The Morgan fingerprint density at radius 2 is 2.26 bits per heavy atom. The van der Waals surface area contributed by atoms with Gasteiger partial charge in [0.25, 0.3) is 0 Å². The van der Waals surface area contributed by atoms with Crippen molar-refractivity contribution in [1.29, 1.82) is 0 Å². The number of halogens is 2. The van der Waals surface area contributed by atoms with Crippen LogP contribution in [0.5, 0.6) is 0 Å². The van der Waals surface area contributed by atoms with Gasteiger partial charge in [-0.15, -0.1) is 36.2 Å². The van der Waals surface area contributed by atoms with Gasteiger partial charge in [-0.1, -0.05) is 0 Å². The van der Waals surface area contributed by atoms with Crippen molar-refractivity contribution in [3.8, 4) is 0 Å². The van der Waals surface area contributed by atoms with Gasteiger partial charge in [0.1, 0.15) is 5.01 Å². The molecule has 2 rings (SSSR count). The highest BCUT2D eigenvalue weighted by atomic mass is 35.5. The number of thiazole rings is 1. The smallest absolute Gasteiger partial charge is 0.227 e. The van der Waals surface area contributed by atoms with Crippen molar-refractivity contribution in [1.82, 2.24) is 15.6 Å². The number of rotatable bonds is 3. The molecule has 2 atom stereocenters. The van der Waals surface area contributed by atoms with E-state index in [2.05, 4.69) is 15.6 Å². The second-order valence-electron chi connectivity index (χ2n) is 5.01. The first kappa shape index (κ1) is 18.6. The molecule has 1 saturated heterocycles. The quantitative estimate of drug-likeness (QED) is 0.897. The van der Waals surface area contributed by atoms with E-state index >= 15 is 0 Å². The lowest BCUT2D eigenvalue weighted by Crippen LogP contribution is -2.41. The van der Waals surface area contributed by atoms with Crippen LogP contribution in [0.15, 0.2) is 5.38 Å². The van der Waals surface area contributed by atoms with E-state index in [1.807, 2.05) is 26.2 Å². The number of hydrogen-bond acceptors (Lipinski definition) is 4.